The molecule has 0 unspecified atom stereocenters. The van der Waals surface area contributed by atoms with Crippen LogP contribution in [0.3, 0.4) is 0 Å². The zero-order valence-corrected chi connectivity index (χ0v) is 37.7. The highest BCUT2D eigenvalue weighted by molar-refractivity contribution is 6.26. The lowest BCUT2D eigenvalue weighted by Gasteiger charge is -2.39. The average Bonchev–Trinajstić information content (AvgIpc) is 4.06. The predicted molar refractivity (Wildman–Crippen MR) is 282 cm³/mol. The van der Waals surface area contributed by atoms with E-state index in [1.807, 2.05) is 36.4 Å². The Balaban J connectivity index is 1.07. The van der Waals surface area contributed by atoms with Crippen molar-refractivity contribution in [1.29, 1.82) is 0 Å². The molecule has 0 N–H and O–H groups in total. The standard InChI is InChI=1S/C64H39N5O/c1-4-19-40(20-5-1)61-65-62(41-21-6-2-7-22-41)67-63(66-61)47-27-18-30-52-58(47)48-39-43(35-37-49(48)64(52)50-28-12-16-33-56(50)70-57-34-17-13-29-51(57)64)69-53-31-14-10-25-44(53)45-36-38-55-59(60(45)69)46-26-11-15-32-54(46)68(55)42-23-8-3-9-24-42/h1-39H. The second kappa shape index (κ2) is 14.8. The number of hydrogen-bond donors (Lipinski definition) is 0. The third kappa shape index (κ3) is 5.35. The predicted octanol–water partition coefficient (Wildman–Crippen LogP) is 15.5. The summed E-state index contributed by atoms with van der Waals surface area (Å²) in [5.41, 5.74) is 15.6. The van der Waals surface area contributed by atoms with Gasteiger partial charge in [0.05, 0.1) is 27.5 Å². The number of rotatable bonds is 5. The number of fused-ring (bicyclic) bond motifs is 16. The maximum absolute atomic E-state index is 6.79. The van der Waals surface area contributed by atoms with Crippen molar-refractivity contribution < 1.29 is 4.74 Å². The van der Waals surface area contributed by atoms with Crippen LogP contribution in [0.25, 0.3) is 100 Å². The third-order valence-electron chi connectivity index (χ3n) is 14.6. The molecule has 0 saturated carbocycles. The van der Waals surface area contributed by atoms with Gasteiger partial charge < -0.3 is 13.9 Å². The highest BCUT2D eigenvalue weighted by atomic mass is 16.5. The minimum atomic E-state index is -0.723. The normalized spacial score (nSPS) is 13.1. The van der Waals surface area contributed by atoms with Gasteiger partial charge in [-0.3, -0.25) is 0 Å². The van der Waals surface area contributed by atoms with E-state index < -0.39 is 5.41 Å². The lowest BCUT2D eigenvalue weighted by molar-refractivity contribution is 0.436. The summed E-state index contributed by atoms with van der Waals surface area (Å²) in [4.78, 5) is 15.8. The molecule has 6 nitrogen and oxygen atoms in total. The molecule has 3 aromatic heterocycles. The largest absolute Gasteiger partial charge is 0.457 e. The zero-order valence-electron chi connectivity index (χ0n) is 37.7. The fraction of sp³-hybridized carbons (Fsp3) is 0.0156. The molecular formula is C64H39N5O. The van der Waals surface area contributed by atoms with Crippen molar-refractivity contribution in [2.45, 2.75) is 5.41 Å². The molecule has 1 aliphatic heterocycles. The monoisotopic (exact) mass is 893 g/mol. The van der Waals surface area contributed by atoms with Crippen LogP contribution in [0.1, 0.15) is 22.3 Å². The number of nitrogens with zero attached hydrogens (tertiary/aromatic N) is 5. The summed E-state index contributed by atoms with van der Waals surface area (Å²) >= 11 is 0. The summed E-state index contributed by atoms with van der Waals surface area (Å²) in [6.07, 6.45) is 0. The Labute approximate surface area is 403 Å². The molecule has 1 spiro atoms. The second-order valence-electron chi connectivity index (χ2n) is 18.2. The van der Waals surface area contributed by atoms with Crippen molar-refractivity contribution in [1.82, 2.24) is 24.1 Å². The van der Waals surface area contributed by atoms with Crippen LogP contribution in [0.5, 0.6) is 11.5 Å². The minimum absolute atomic E-state index is 0.610. The van der Waals surface area contributed by atoms with Crippen LogP contribution in [0.2, 0.25) is 0 Å². The number of para-hydroxylation sites is 5. The number of hydrogen-bond acceptors (Lipinski definition) is 4. The molecule has 0 radical (unpaired) electrons. The van der Waals surface area contributed by atoms with Crippen LogP contribution >= 0.6 is 0 Å². The quantitative estimate of drug-likeness (QED) is 0.173. The topological polar surface area (TPSA) is 57.8 Å². The van der Waals surface area contributed by atoms with E-state index in [1.165, 1.54) is 38.1 Å². The SMILES string of the molecule is c1ccc(-c2nc(-c3ccccc3)nc(-c3cccc4c3-c3cc(-n5c6ccccc6c6ccc7c(c8ccccc8n7-c7ccccc7)c65)ccc3C43c4ccccc4Oc4ccccc43)n2)cc1. The lowest BCUT2D eigenvalue weighted by Crippen LogP contribution is -2.32. The van der Waals surface area contributed by atoms with Crippen LogP contribution < -0.4 is 4.74 Å². The van der Waals surface area contributed by atoms with Gasteiger partial charge >= 0.3 is 0 Å². The van der Waals surface area contributed by atoms with Gasteiger partial charge in [-0.25, -0.2) is 15.0 Å². The van der Waals surface area contributed by atoms with Crippen LogP contribution in [0.15, 0.2) is 237 Å². The van der Waals surface area contributed by atoms with Gasteiger partial charge in [0.1, 0.15) is 11.5 Å². The molecule has 1 aliphatic carbocycles. The van der Waals surface area contributed by atoms with Crippen molar-refractivity contribution in [3.63, 3.8) is 0 Å². The van der Waals surface area contributed by atoms with E-state index in [9.17, 15) is 0 Å². The molecule has 15 rings (SSSR count). The molecule has 13 aromatic rings. The Kier molecular flexibility index (Phi) is 8.18. The van der Waals surface area contributed by atoms with Gasteiger partial charge in [-0.2, -0.15) is 0 Å². The van der Waals surface area contributed by atoms with E-state index in [0.29, 0.717) is 17.5 Å². The summed E-state index contributed by atoms with van der Waals surface area (Å²) < 4.78 is 11.7. The first-order valence-corrected chi connectivity index (χ1v) is 23.8. The highest BCUT2D eigenvalue weighted by Gasteiger charge is 2.52. The molecule has 6 heteroatoms. The van der Waals surface area contributed by atoms with Crippen LogP contribution in [0, 0.1) is 0 Å². The molecule has 0 bridgehead atoms. The molecule has 0 saturated heterocycles. The lowest BCUT2D eigenvalue weighted by atomic mass is 9.66. The summed E-state index contributed by atoms with van der Waals surface area (Å²) in [6.45, 7) is 0. The maximum atomic E-state index is 6.79. The van der Waals surface area contributed by atoms with Gasteiger partial charge in [0.2, 0.25) is 0 Å². The fourth-order valence-corrected chi connectivity index (χ4v) is 11.8. The highest BCUT2D eigenvalue weighted by Crippen LogP contribution is 2.63. The van der Waals surface area contributed by atoms with E-state index in [4.69, 9.17) is 19.7 Å². The molecule has 4 heterocycles. The van der Waals surface area contributed by atoms with Crippen LogP contribution in [-0.4, -0.2) is 24.1 Å². The van der Waals surface area contributed by atoms with Gasteiger partial charge in [-0.15, -0.1) is 0 Å². The van der Waals surface area contributed by atoms with Crippen molar-refractivity contribution in [3.8, 4) is 68.2 Å². The van der Waals surface area contributed by atoms with Crippen molar-refractivity contribution in [2.75, 3.05) is 0 Å². The fourth-order valence-electron chi connectivity index (χ4n) is 11.8. The second-order valence-corrected chi connectivity index (χ2v) is 18.2. The first-order chi connectivity index (χ1) is 34.7. The third-order valence-corrected chi connectivity index (χ3v) is 14.6. The Morgan fingerprint density at radius 2 is 0.900 bits per heavy atom. The zero-order chi connectivity index (χ0) is 45.9. The molecule has 10 aromatic carbocycles. The van der Waals surface area contributed by atoms with Crippen LogP contribution in [-0.2, 0) is 5.41 Å². The molecule has 0 amide bonds. The summed E-state index contributed by atoms with van der Waals surface area (Å²) in [5.74, 6) is 3.53. The maximum Gasteiger partial charge on any atom is 0.164 e. The van der Waals surface area contributed by atoms with E-state index in [1.54, 1.807) is 0 Å². The Hall–Kier alpha value is -9.39. The molecule has 2 aliphatic rings. The number of ether oxygens (including phenoxy) is 1. The molecular weight excluding hydrogens is 855 g/mol. The van der Waals surface area contributed by atoms with E-state index >= 15 is 0 Å². The van der Waals surface area contributed by atoms with Gasteiger partial charge in [0.15, 0.2) is 17.5 Å². The molecule has 326 valence electrons. The number of benzene rings is 10. The Morgan fingerprint density at radius 1 is 0.343 bits per heavy atom. The first kappa shape index (κ1) is 38.7. The van der Waals surface area contributed by atoms with Gasteiger partial charge in [0.25, 0.3) is 0 Å². The minimum Gasteiger partial charge on any atom is -0.457 e. The molecule has 0 fully saturated rings. The van der Waals surface area contributed by atoms with E-state index in [-0.39, 0.29) is 0 Å². The van der Waals surface area contributed by atoms with Crippen molar-refractivity contribution in [3.05, 3.63) is 259 Å². The summed E-state index contributed by atoms with van der Waals surface area (Å²) in [7, 11) is 0. The van der Waals surface area contributed by atoms with Crippen molar-refractivity contribution in [2.24, 2.45) is 0 Å². The van der Waals surface area contributed by atoms with Crippen LogP contribution in [0.4, 0.5) is 0 Å². The van der Waals surface area contributed by atoms with Gasteiger partial charge in [-0.1, -0.05) is 182 Å². The van der Waals surface area contributed by atoms with E-state index in [0.717, 1.165) is 78.4 Å². The molecule has 70 heavy (non-hydrogen) atoms. The molecule has 0 atom stereocenters. The first-order valence-electron chi connectivity index (χ1n) is 23.8. The summed E-state index contributed by atoms with van der Waals surface area (Å²) in [5, 5.41) is 4.83. The smallest absolute Gasteiger partial charge is 0.164 e. The number of aromatic nitrogens is 5. The van der Waals surface area contributed by atoms with Gasteiger partial charge in [0, 0.05) is 60.7 Å². The summed E-state index contributed by atoms with van der Waals surface area (Å²) in [6, 6.07) is 84.3. The Bertz CT molecular complexity index is 4170. The van der Waals surface area contributed by atoms with Gasteiger partial charge in [-0.05, 0) is 76.9 Å². The Morgan fingerprint density at radius 3 is 1.59 bits per heavy atom. The van der Waals surface area contributed by atoms with Crippen molar-refractivity contribution >= 4 is 43.6 Å². The average molecular weight is 894 g/mol. The van der Waals surface area contributed by atoms with E-state index in [2.05, 4.69) is 209 Å².